The van der Waals surface area contributed by atoms with Crippen LogP contribution in [0.1, 0.15) is 44.7 Å². The molecule has 1 aromatic carbocycles. The molecule has 1 atom stereocenters. The van der Waals surface area contributed by atoms with E-state index in [0.29, 0.717) is 12.0 Å². The summed E-state index contributed by atoms with van der Waals surface area (Å²) in [6.45, 7) is 5.86. The summed E-state index contributed by atoms with van der Waals surface area (Å²) in [6, 6.07) is 5.45. The third-order valence-corrected chi connectivity index (χ3v) is 3.17. The number of nitrogen functional groups attached to an aromatic ring is 1. The molecule has 0 aliphatic rings. The molecule has 0 fully saturated rings. The summed E-state index contributed by atoms with van der Waals surface area (Å²) in [7, 11) is 5.06. The van der Waals surface area contributed by atoms with Crippen LogP contribution in [0.4, 0.5) is 0 Å². The zero-order valence-electron chi connectivity index (χ0n) is 16.9. The van der Waals surface area contributed by atoms with Gasteiger partial charge in [0, 0.05) is 12.0 Å². The van der Waals surface area contributed by atoms with Gasteiger partial charge in [-0.2, -0.15) is 0 Å². The summed E-state index contributed by atoms with van der Waals surface area (Å²) in [5.41, 5.74) is 9.42. The molecule has 0 heterocycles. The summed E-state index contributed by atoms with van der Waals surface area (Å²) < 4.78 is 10.7. The van der Waals surface area contributed by atoms with Crippen molar-refractivity contribution < 1.29 is 9.47 Å². The first-order valence-corrected chi connectivity index (χ1v) is 8.69. The fraction of sp³-hybridized carbons (Fsp3) is 0.556. The second-order valence-electron chi connectivity index (χ2n) is 5.05. The highest BCUT2D eigenvalue weighted by atomic mass is 16.5. The number of hydrogen-bond donors (Lipinski definition) is 6. The molecular formula is C18H36N6O2. The van der Waals surface area contributed by atoms with Gasteiger partial charge in [0.15, 0.2) is 5.90 Å². The average molecular weight is 369 g/mol. The molecule has 0 aliphatic heterocycles. The topological polar surface area (TPSA) is 142 Å². The van der Waals surface area contributed by atoms with Crippen LogP contribution in [0.2, 0.25) is 0 Å². The maximum atomic E-state index is 7.75. The Hall–Kier alpha value is -2.16. The molecule has 0 saturated carbocycles. The van der Waals surface area contributed by atoms with Crippen LogP contribution in [0.15, 0.2) is 18.2 Å². The minimum absolute atomic E-state index is 0.0397. The number of methoxy groups -OCH3 is 1. The van der Waals surface area contributed by atoms with E-state index < -0.39 is 0 Å². The van der Waals surface area contributed by atoms with Crippen LogP contribution < -0.4 is 27.1 Å². The Bertz CT molecular complexity index is 522. The molecule has 8 N–H and O–H groups in total. The molecule has 1 aromatic rings. The molecule has 1 unspecified atom stereocenters. The van der Waals surface area contributed by atoms with Crippen molar-refractivity contribution in [3.8, 4) is 5.75 Å². The second kappa shape index (κ2) is 16.3. The molecule has 150 valence electrons. The van der Waals surface area contributed by atoms with Crippen molar-refractivity contribution in [3.63, 3.8) is 0 Å². The quantitative estimate of drug-likeness (QED) is 0.136. The van der Waals surface area contributed by atoms with Gasteiger partial charge in [-0.05, 0) is 57.6 Å². The molecule has 0 saturated heterocycles. The van der Waals surface area contributed by atoms with Gasteiger partial charge in [-0.1, -0.05) is 13.8 Å². The molecule has 8 nitrogen and oxygen atoms in total. The number of hydrogen-bond acceptors (Lipinski definition) is 7. The van der Waals surface area contributed by atoms with Crippen molar-refractivity contribution in [2.45, 2.75) is 46.3 Å². The van der Waals surface area contributed by atoms with E-state index in [-0.39, 0.29) is 18.0 Å². The highest BCUT2D eigenvalue weighted by molar-refractivity contribution is 5.95. The van der Waals surface area contributed by atoms with Gasteiger partial charge in [0.05, 0.1) is 7.11 Å². The molecule has 0 aromatic heterocycles. The van der Waals surface area contributed by atoms with Crippen molar-refractivity contribution in [1.29, 1.82) is 10.8 Å². The fourth-order valence-corrected chi connectivity index (χ4v) is 1.91. The number of ether oxygens (including phenoxy) is 2. The molecule has 1 rings (SSSR count). The first-order chi connectivity index (χ1) is 12.4. The Morgan fingerprint density at radius 3 is 2.27 bits per heavy atom. The van der Waals surface area contributed by atoms with Gasteiger partial charge in [-0.3, -0.25) is 27.4 Å². The first kappa shape index (κ1) is 26.1. The highest BCUT2D eigenvalue weighted by Gasteiger charge is 2.08. The van der Waals surface area contributed by atoms with E-state index >= 15 is 0 Å². The van der Waals surface area contributed by atoms with Gasteiger partial charge in [-0.15, -0.1) is 0 Å². The number of benzene rings is 1. The number of rotatable bonds is 8. The smallest absolute Gasteiger partial charge is 0.182 e. The van der Waals surface area contributed by atoms with Crippen molar-refractivity contribution in [2.24, 2.45) is 11.6 Å². The first-order valence-electron chi connectivity index (χ1n) is 8.69. The van der Waals surface area contributed by atoms with E-state index in [1.165, 1.54) is 0 Å². The van der Waals surface area contributed by atoms with Crippen LogP contribution in [-0.2, 0) is 11.2 Å². The highest BCUT2D eigenvalue weighted by Crippen LogP contribution is 2.22. The summed E-state index contributed by atoms with van der Waals surface area (Å²) in [5.74, 6) is 5.67. The Labute approximate surface area is 157 Å². The van der Waals surface area contributed by atoms with E-state index in [9.17, 15) is 0 Å². The number of hydrazine groups is 1. The second-order valence-corrected chi connectivity index (χ2v) is 5.05. The maximum Gasteiger partial charge on any atom is 0.182 e. The average Bonchev–Trinajstić information content (AvgIpc) is 2.63. The summed E-state index contributed by atoms with van der Waals surface area (Å²) in [6.07, 6.45) is 1.91. The van der Waals surface area contributed by atoms with Crippen LogP contribution >= 0.6 is 0 Å². The predicted octanol–water partition coefficient (Wildman–Crippen LogP) is 1.97. The SMILES string of the molecule is CC.CNC(C)OC(=N)CCCc1cc(C(=N)N)ccc1OC.CNN. The molecular weight excluding hydrogens is 332 g/mol. The lowest BCUT2D eigenvalue weighted by atomic mass is 10.0. The van der Waals surface area contributed by atoms with E-state index in [1.807, 2.05) is 32.9 Å². The molecule has 0 radical (unpaired) electrons. The molecule has 26 heavy (non-hydrogen) atoms. The minimum Gasteiger partial charge on any atom is -0.496 e. The molecule has 8 heteroatoms. The van der Waals surface area contributed by atoms with Crippen LogP contribution in [0.5, 0.6) is 5.75 Å². The van der Waals surface area contributed by atoms with E-state index in [4.69, 9.17) is 26.0 Å². The largest absolute Gasteiger partial charge is 0.496 e. The minimum atomic E-state index is -0.159. The lowest BCUT2D eigenvalue weighted by Crippen LogP contribution is -2.27. The van der Waals surface area contributed by atoms with Crippen LogP contribution in [0.25, 0.3) is 0 Å². The van der Waals surface area contributed by atoms with E-state index in [2.05, 4.69) is 16.6 Å². The van der Waals surface area contributed by atoms with E-state index in [1.54, 1.807) is 27.3 Å². The maximum absolute atomic E-state index is 7.75. The number of nitrogens with one attached hydrogen (secondary N) is 4. The summed E-state index contributed by atoms with van der Waals surface area (Å²) in [5, 5.41) is 18.2. The Morgan fingerprint density at radius 1 is 1.23 bits per heavy atom. The third kappa shape index (κ3) is 11.4. The van der Waals surface area contributed by atoms with E-state index in [0.717, 1.165) is 24.2 Å². The van der Waals surface area contributed by atoms with Crippen molar-refractivity contribution >= 4 is 11.7 Å². The predicted molar refractivity (Wildman–Crippen MR) is 109 cm³/mol. The normalized spacial score (nSPS) is 10.4. The zero-order chi connectivity index (χ0) is 20.5. The van der Waals surface area contributed by atoms with Gasteiger partial charge < -0.3 is 15.2 Å². The summed E-state index contributed by atoms with van der Waals surface area (Å²) in [4.78, 5) is 0. The van der Waals surface area contributed by atoms with Crippen LogP contribution in [-0.4, -0.2) is 39.2 Å². The molecule has 0 aliphatic carbocycles. The van der Waals surface area contributed by atoms with Gasteiger partial charge in [0.1, 0.15) is 17.8 Å². The van der Waals surface area contributed by atoms with Crippen LogP contribution in [0, 0.1) is 10.8 Å². The van der Waals surface area contributed by atoms with Gasteiger partial charge >= 0.3 is 0 Å². The van der Waals surface area contributed by atoms with Crippen LogP contribution in [0.3, 0.4) is 0 Å². The van der Waals surface area contributed by atoms with Gasteiger partial charge in [0.2, 0.25) is 0 Å². The monoisotopic (exact) mass is 368 g/mol. The Kier molecular flexibility index (Phi) is 16.4. The molecule has 0 bridgehead atoms. The van der Waals surface area contributed by atoms with Gasteiger partial charge in [0.25, 0.3) is 0 Å². The lowest BCUT2D eigenvalue weighted by Gasteiger charge is -2.14. The summed E-state index contributed by atoms with van der Waals surface area (Å²) >= 11 is 0. The number of aryl methyl sites for hydroxylation is 1. The van der Waals surface area contributed by atoms with Gasteiger partial charge in [-0.25, -0.2) is 0 Å². The third-order valence-electron chi connectivity index (χ3n) is 3.17. The molecule has 0 amide bonds. The standard InChI is InChI=1S/C15H24N4O2.C2H6.CH6N2/c1-10(19-2)21-14(16)6-4-5-11-9-12(15(17)18)7-8-13(11)20-3;1-2;1-3-2/h7-10,16,19H,4-6H2,1-3H3,(H3,17,18);1-2H3;3H,2H2,1H3. The molecule has 0 spiro atoms. The number of nitrogens with two attached hydrogens (primary N) is 2. The Balaban J connectivity index is 0. The zero-order valence-corrected chi connectivity index (χ0v) is 16.9. The lowest BCUT2D eigenvalue weighted by molar-refractivity contribution is 0.172. The van der Waals surface area contributed by atoms with Crippen molar-refractivity contribution in [3.05, 3.63) is 29.3 Å². The Morgan fingerprint density at radius 2 is 1.81 bits per heavy atom. The van der Waals surface area contributed by atoms with Crippen molar-refractivity contribution in [1.82, 2.24) is 10.7 Å². The van der Waals surface area contributed by atoms with Crippen molar-refractivity contribution in [2.75, 3.05) is 21.2 Å². The number of amidine groups is 1. The fourth-order valence-electron chi connectivity index (χ4n) is 1.91.